The Balaban J connectivity index is 2.47. The molecule has 0 saturated heterocycles. The van der Waals surface area contributed by atoms with Crippen LogP contribution in [0.4, 0.5) is 0 Å². The predicted octanol–water partition coefficient (Wildman–Crippen LogP) is 1.02. The van der Waals surface area contributed by atoms with Gasteiger partial charge in [-0.05, 0) is 13.5 Å². The number of hydrogen-bond donors (Lipinski definition) is 1. The van der Waals surface area contributed by atoms with E-state index in [1.165, 1.54) is 0 Å². The standard InChI is InChI=1S/C8H17NO/c1-8(2)6(9-3)5-7(8)10-4/h6-7,9H,5H2,1-4H3. The average Bonchev–Trinajstić information content (AvgIpc) is 1.88. The van der Waals surface area contributed by atoms with Crippen molar-refractivity contribution in [2.75, 3.05) is 14.2 Å². The van der Waals surface area contributed by atoms with Crippen molar-refractivity contribution in [1.82, 2.24) is 5.32 Å². The molecule has 0 heterocycles. The Morgan fingerprint density at radius 3 is 2.40 bits per heavy atom. The highest BCUT2D eigenvalue weighted by molar-refractivity contribution is 5.01. The molecule has 0 radical (unpaired) electrons. The van der Waals surface area contributed by atoms with Crippen LogP contribution in [0, 0.1) is 5.41 Å². The fourth-order valence-corrected chi connectivity index (χ4v) is 1.78. The van der Waals surface area contributed by atoms with Crippen molar-refractivity contribution in [3.05, 3.63) is 0 Å². The lowest BCUT2D eigenvalue weighted by Crippen LogP contribution is -2.59. The summed E-state index contributed by atoms with van der Waals surface area (Å²) >= 11 is 0. The molecule has 2 nitrogen and oxygen atoms in total. The molecule has 1 rings (SSSR count). The summed E-state index contributed by atoms with van der Waals surface area (Å²) in [6, 6.07) is 0.637. The normalized spacial score (nSPS) is 37.2. The third-order valence-electron chi connectivity index (χ3n) is 2.81. The average molecular weight is 143 g/mol. The van der Waals surface area contributed by atoms with Crippen LogP contribution >= 0.6 is 0 Å². The van der Waals surface area contributed by atoms with E-state index >= 15 is 0 Å². The Bertz CT molecular complexity index is 110. The molecular weight excluding hydrogens is 126 g/mol. The van der Waals surface area contributed by atoms with Crippen molar-refractivity contribution in [2.24, 2.45) is 5.41 Å². The van der Waals surface area contributed by atoms with Gasteiger partial charge in [0.15, 0.2) is 0 Å². The van der Waals surface area contributed by atoms with Gasteiger partial charge in [-0.2, -0.15) is 0 Å². The molecule has 1 fully saturated rings. The smallest absolute Gasteiger partial charge is 0.0652 e. The highest BCUT2D eigenvalue weighted by Crippen LogP contribution is 2.41. The minimum absolute atomic E-state index is 0.323. The quantitative estimate of drug-likeness (QED) is 0.623. The third kappa shape index (κ3) is 0.956. The maximum Gasteiger partial charge on any atom is 0.0652 e. The van der Waals surface area contributed by atoms with Gasteiger partial charge < -0.3 is 10.1 Å². The molecule has 0 spiro atoms. The zero-order valence-electron chi connectivity index (χ0n) is 7.27. The van der Waals surface area contributed by atoms with Crippen LogP contribution in [0.3, 0.4) is 0 Å². The molecule has 0 aromatic rings. The third-order valence-corrected chi connectivity index (χ3v) is 2.81. The molecule has 0 aliphatic heterocycles. The lowest BCUT2D eigenvalue weighted by Gasteiger charge is -2.51. The highest BCUT2D eigenvalue weighted by Gasteiger charge is 2.47. The largest absolute Gasteiger partial charge is 0.381 e. The van der Waals surface area contributed by atoms with Crippen LogP contribution in [-0.4, -0.2) is 26.3 Å². The van der Waals surface area contributed by atoms with Gasteiger partial charge in [-0.1, -0.05) is 13.8 Å². The molecular formula is C8H17NO. The lowest BCUT2D eigenvalue weighted by atomic mass is 9.64. The Morgan fingerprint density at radius 2 is 2.10 bits per heavy atom. The van der Waals surface area contributed by atoms with E-state index in [1.807, 2.05) is 7.05 Å². The van der Waals surface area contributed by atoms with Gasteiger partial charge in [-0.3, -0.25) is 0 Å². The lowest BCUT2D eigenvalue weighted by molar-refractivity contribution is -0.0953. The molecule has 2 atom stereocenters. The van der Waals surface area contributed by atoms with E-state index in [1.54, 1.807) is 7.11 Å². The maximum absolute atomic E-state index is 5.29. The first-order valence-electron chi connectivity index (χ1n) is 3.83. The van der Waals surface area contributed by atoms with E-state index in [9.17, 15) is 0 Å². The predicted molar refractivity (Wildman–Crippen MR) is 42.0 cm³/mol. The molecule has 1 aliphatic carbocycles. The number of rotatable bonds is 2. The van der Waals surface area contributed by atoms with Crippen molar-refractivity contribution < 1.29 is 4.74 Å². The Morgan fingerprint density at radius 1 is 1.50 bits per heavy atom. The molecule has 10 heavy (non-hydrogen) atoms. The first-order chi connectivity index (χ1) is 4.62. The van der Waals surface area contributed by atoms with Gasteiger partial charge in [-0.15, -0.1) is 0 Å². The Hall–Kier alpha value is -0.0800. The van der Waals surface area contributed by atoms with Crippen molar-refractivity contribution in [2.45, 2.75) is 32.4 Å². The van der Waals surface area contributed by atoms with Crippen molar-refractivity contribution in [3.8, 4) is 0 Å². The molecule has 60 valence electrons. The monoisotopic (exact) mass is 143 g/mol. The van der Waals surface area contributed by atoms with Gasteiger partial charge in [0.2, 0.25) is 0 Å². The molecule has 1 aliphatic rings. The van der Waals surface area contributed by atoms with Crippen LogP contribution in [0.1, 0.15) is 20.3 Å². The molecule has 1 N–H and O–H groups in total. The molecule has 0 bridgehead atoms. The zero-order valence-corrected chi connectivity index (χ0v) is 7.27. The van der Waals surface area contributed by atoms with E-state index in [4.69, 9.17) is 4.74 Å². The van der Waals surface area contributed by atoms with Gasteiger partial charge in [0.1, 0.15) is 0 Å². The van der Waals surface area contributed by atoms with E-state index in [0.717, 1.165) is 6.42 Å². The SMILES string of the molecule is CNC1CC(OC)C1(C)C. The topological polar surface area (TPSA) is 21.3 Å². The fraction of sp³-hybridized carbons (Fsp3) is 1.00. The van der Waals surface area contributed by atoms with Crippen LogP contribution in [0.5, 0.6) is 0 Å². The summed E-state index contributed by atoms with van der Waals surface area (Å²) in [5, 5.41) is 3.28. The van der Waals surface area contributed by atoms with Crippen molar-refractivity contribution >= 4 is 0 Å². The second kappa shape index (κ2) is 2.51. The van der Waals surface area contributed by atoms with Gasteiger partial charge in [-0.25, -0.2) is 0 Å². The maximum atomic E-state index is 5.29. The fourth-order valence-electron chi connectivity index (χ4n) is 1.78. The highest BCUT2D eigenvalue weighted by atomic mass is 16.5. The summed E-state index contributed by atoms with van der Waals surface area (Å²) < 4.78 is 5.29. The van der Waals surface area contributed by atoms with Crippen molar-refractivity contribution in [1.29, 1.82) is 0 Å². The van der Waals surface area contributed by atoms with E-state index < -0.39 is 0 Å². The Labute approximate surface area is 63.0 Å². The summed E-state index contributed by atoms with van der Waals surface area (Å²) in [5.41, 5.74) is 0.323. The van der Waals surface area contributed by atoms with Gasteiger partial charge >= 0.3 is 0 Å². The van der Waals surface area contributed by atoms with Gasteiger partial charge in [0.25, 0.3) is 0 Å². The van der Waals surface area contributed by atoms with Crippen molar-refractivity contribution in [3.63, 3.8) is 0 Å². The minimum Gasteiger partial charge on any atom is -0.381 e. The molecule has 0 aromatic carbocycles. The van der Waals surface area contributed by atoms with Crippen LogP contribution in [0.25, 0.3) is 0 Å². The van der Waals surface area contributed by atoms with E-state index in [0.29, 0.717) is 17.6 Å². The summed E-state index contributed by atoms with van der Waals surface area (Å²) in [6.07, 6.45) is 1.60. The van der Waals surface area contributed by atoms with Gasteiger partial charge in [0, 0.05) is 18.6 Å². The second-order valence-corrected chi connectivity index (χ2v) is 3.62. The molecule has 1 saturated carbocycles. The van der Waals surface area contributed by atoms with E-state index in [-0.39, 0.29) is 0 Å². The van der Waals surface area contributed by atoms with Crippen LogP contribution < -0.4 is 5.32 Å². The van der Waals surface area contributed by atoms with Gasteiger partial charge in [0.05, 0.1) is 6.10 Å². The summed E-state index contributed by atoms with van der Waals surface area (Å²) in [4.78, 5) is 0. The Kier molecular flexibility index (Phi) is 2.02. The zero-order chi connectivity index (χ0) is 7.78. The number of methoxy groups -OCH3 is 1. The first kappa shape index (κ1) is 8.02. The second-order valence-electron chi connectivity index (χ2n) is 3.62. The number of nitrogens with one attached hydrogen (secondary N) is 1. The number of hydrogen-bond acceptors (Lipinski definition) is 2. The van der Waals surface area contributed by atoms with Crippen LogP contribution in [0.2, 0.25) is 0 Å². The van der Waals surface area contributed by atoms with Crippen LogP contribution in [-0.2, 0) is 4.74 Å². The minimum atomic E-state index is 0.323. The molecule has 0 aromatic heterocycles. The van der Waals surface area contributed by atoms with Crippen LogP contribution in [0.15, 0.2) is 0 Å². The van der Waals surface area contributed by atoms with E-state index in [2.05, 4.69) is 19.2 Å². The molecule has 2 heteroatoms. The summed E-state index contributed by atoms with van der Waals surface area (Å²) in [6.45, 7) is 4.48. The summed E-state index contributed by atoms with van der Waals surface area (Å²) in [7, 11) is 3.80. The summed E-state index contributed by atoms with van der Waals surface area (Å²) in [5.74, 6) is 0. The molecule has 2 unspecified atom stereocenters. The number of ether oxygens (including phenoxy) is 1. The molecule has 0 amide bonds. The first-order valence-corrected chi connectivity index (χ1v) is 3.83.